The molecule has 3 rings (SSSR count). The third-order valence-electron chi connectivity index (χ3n) is 4.14. The number of halogens is 2. The van der Waals surface area contributed by atoms with Crippen molar-refractivity contribution >= 4 is 17.3 Å². The molecule has 1 heterocycles. The van der Waals surface area contributed by atoms with Gasteiger partial charge in [0.05, 0.1) is 18.7 Å². The summed E-state index contributed by atoms with van der Waals surface area (Å²) in [6.07, 6.45) is 4.73. The second-order valence-electron chi connectivity index (χ2n) is 6.13. The van der Waals surface area contributed by atoms with Crippen LogP contribution in [0.1, 0.15) is 22.8 Å². The Balaban J connectivity index is 2.02. The maximum absolute atomic E-state index is 12.7. The van der Waals surface area contributed by atoms with Crippen molar-refractivity contribution in [2.45, 2.75) is 20.1 Å². The van der Waals surface area contributed by atoms with E-state index in [0.29, 0.717) is 17.9 Å². The van der Waals surface area contributed by atoms with E-state index in [2.05, 4.69) is 14.7 Å². The second kappa shape index (κ2) is 9.64. The molecule has 7 nitrogen and oxygen atoms in total. The van der Waals surface area contributed by atoms with Crippen LogP contribution in [0.15, 0.2) is 61.2 Å². The van der Waals surface area contributed by atoms with Crippen molar-refractivity contribution < 1.29 is 28.2 Å². The number of rotatable bonds is 9. The van der Waals surface area contributed by atoms with Crippen LogP contribution in [-0.2, 0) is 6.54 Å². The molecule has 0 radical (unpaired) electrons. The number of anilines is 2. The maximum atomic E-state index is 12.7. The predicted octanol–water partition coefficient (Wildman–Crippen LogP) is 4.51. The summed E-state index contributed by atoms with van der Waals surface area (Å²) in [5.41, 5.74) is 2.27. The molecular formula is C21H19F2N3O4. The van der Waals surface area contributed by atoms with E-state index in [1.807, 2.05) is 4.90 Å². The highest BCUT2D eigenvalue weighted by Gasteiger charge is 2.17. The van der Waals surface area contributed by atoms with Crippen molar-refractivity contribution in [3.8, 4) is 11.5 Å². The number of carbonyl (C=O) groups is 1. The predicted molar refractivity (Wildman–Crippen MR) is 106 cm³/mol. The van der Waals surface area contributed by atoms with E-state index >= 15 is 0 Å². The Morgan fingerprint density at radius 3 is 2.33 bits per heavy atom. The molecule has 0 unspecified atom stereocenters. The fraction of sp³-hybridized carbons (Fsp3) is 0.190. The number of benzene rings is 2. The summed E-state index contributed by atoms with van der Waals surface area (Å²) in [4.78, 5) is 21.0. The number of hydrogen-bond acceptors (Lipinski definition) is 6. The van der Waals surface area contributed by atoms with Gasteiger partial charge in [-0.2, -0.15) is 8.78 Å². The molecule has 2 aromatic carbocycles. The number of aromatic carboxylic acids is 1. The summed E-state index contributed by atoms with van der Waals surface area (Å²) in [6, 6.07) is 10.9. The lowest BCUT2D eigenvalue weighted by molar-refractivity contribution is -0.0514. The van der Waals surface area contributed by atoms with Gasteiger partial charge in [0.2, 0.25) is 0 Å². The van der Waals surface area contributed by atoms with Gasteiger partial charge < -0.3 is 19.5 Å². The maximum Gasteiger partial charge on any atom is 0.387 e. The summed E-state index contributed by atoms with van der Waals surface area (Å²) in [5, 5.41) is 9.14. The first kappa shape index (κ1) is 21.0. The highest BCUT2D eigenvalue weighted by molar-refractivity contribution is 5.88. The van der Waals surface area contributed by atoms with Crippen molar-refractivity contribution in [3.63, 3.8) is 0 Å². The van der Waals surface area contributed by atoms with Crippen LogP contribution in [0.25, 0.3) is 0 Å². The Morgan fingerprint density at radius 2 is 1.73 bits per heavy atom. The minimum absolute atomic E-state index is 0.0696. The van der Waals surface area contributed by atoms with Crippen molar-refractivity contribution in [1.29, 1.82) is 0 Å². The number of hydrogen-bond donors (Lipinski definition) is 1. The van der Waals surface area contributed by atoms with Gasteiger partial charge in [0.15, 0.2) is 11.5 Å². The smallest absolute Gasteiger partial charge is 0.387 e. The Morgan fingerprint density at radius 1 is 1.07 bits per heavy atom. The number of alkyl halides is 2. The summed E-state index contributed by atoms with van der Waals surface area (Å²) in [7, 11) is 0. The van der Waals surface area contributed by atoms with Crippen LogP contribution in [0.5, 0.6) is 11.5 Å². The largest absolute Gasteiger partial charge is 0.490 e. The molecule has 0 aliphatic rings. The topological polar surface area (TPSA) is 84.8 Å². The summed E-state index contributed by atoms with van der Waals surface area (Å²) >= 11 is 0. The zero-order valence-electron chi connectivity index (χ0n) is 16.0. The normalized spacial score (nSPS) is 10.7. The SMILES string of the molecule is CCOc1cc(N(Cc2cncnc2)c2ccc(C(=O)O)cc2)ccc1OC(F)F. The van der Waals surface area contributed by atoms with E-state index in [0.717, 1.165) is 5.56 Å². The van der Waals surface area contributed by atoms with Gasteiger partial charge in [-0.1, -0.05) is 0 Å². The molecular weight excluding hydrogens is 396 g/mol. The minimum Gasteiger partial charge on any atom is -0.490 e. The van der Waals surface area contributed by atoms with E-state index in [-0.39, 0.29) is 23.7 Å². The van der Waals surface area contributed by atoms with Crippen molar-refractivity contribution in [2.75, 3.05) is 11.5 Å². The third-order valence-corrected chi connectivity index (χ3v) is 4.14. The zero-order chi connectivity index (χ0) is 21.5. The average Bonchev–Trinajstić information content (AvgIpc) is 2.74. The first-order chi connectivity index (χ1) is 14.5. The zero-order valence-corrected chi connectivity index (χ0v) is 16.0. The molecule has 1 N–H and O–H groups in total. The van der Waals surface area contributed by atoms with E-state index in [9.17, 15) is 13.6 Å². The molecule has 0 fully saturated rings. The molecule has 0 atom stereocenters. The van der Waals surface area contributed by atoms with Gasteiger partial charge in [-0.3, -0.25) is 0 Å². The Hall–Kier alpha value is -3.75. The molecule has 0 spiro atoms. The molecule has 30 heavy (non-hydrogen) atoms. The standard InChI is InChI=1S/C21H19F2N3O4/c1-2-29-19-9-17(7-8-18(19)30-21(22)23)26(12-14-10-24-13-25-11-14)16-5-3-15(4-6-16)20(27)28/h3-11,13,21H,2,12H2,1H3,(H,27,28). The van der Waals surface area contributed by atoms with Crippen LogP contribution in [-0.4, -0.2) is 34.3 Å². The van der Waals surface area contributed by atoms with E-state index in [4.69, 9.17) is 9.84 Å². The molecule has 156 valence electrons. The van der Waals surface area contributed by atoms with Crippen LogP contribution >= 0.6 is 0 Å². The first-order valence-corrected chi connectivity index (χ1v) is 9.04. The highest BCUT2D eigenvalue weighted by atomic mass is 19.3. The average molecular weight is 415 g/mol. The molecule has 3 aromatic rings. The van der Waals surface area contributed by atoms with Gasteiger partial charge in [0.1, 0.15) is 6.33 Å². The fourth-order valence-electron chi connectivity index (χ4n) is 2.84. The van der Waals surface area contributed by atoms with Gasteiger partial charge in [0, 0.05) is 35.4 Å². The lowest BCUT2D eigenvalue weighted by atomic mass is 10.1. The Labute approximate surface area is 171 Å². The van der Waals surface area contributed by atoms with Crippen molar-refractivity contribution in [1.82, 2.24) is 9.97 Å². The fourth-order valence-corrected chi connectivity index (χ4v) is 2.84. The molecule has 0 saturated carbocycles. The van der Waals surface area contributed by atoms with Crippen LogP contribution < -0.4 is 14.4 Å². The van der Waals surface area contributed by atoms with Crippen molar-refractivity contribution in [3.05, 3.63) is 72.3 Å². The Kier molecular flexibility index (Phi) is 6.74. The first-order valence-electron chi connectivity index (χ1n) is 9.04. The van der Waals surface area contributed by atoms with Crippen LogP contribution in [0.3, 0.4) is 0 Å². The number of ether oxygens (including phenoxy) is 2. The van der Waals surface area contributed by atoms with E-state index < -0.39 is 12.6 Å². The molecule has 0 aliphatic heterocycles. The van der Waals surface area contributed by atoms with Gasteiger partial charge in [-0.05, 0) is 43.3 Å². The molecule has 0 bridgehead atoms. The van der Waals surface area contributed by atoms with Crippen LogP contribution in [0.4, 0.5) is 20.2 Å². The number of carboxylic acids is 1. The second-order valence-corrected chi connectivity index (χ2v) is 6.13. The summed E-state index contributed by atoms with van der Waals surface area (Å²) in [6.45, 7) is -0.615. The number of carboxylic acid groups (broad SMARTS) is 1. The van der Waals surface area contributed by atoms with Gasteiger partial charge in [0.25, 0.3) is 0 Å². The van der Waals surface area contributed by atoms with Crippen molar-refractivity contribution in [2.24, 2.45) is 0 Å². The lowest BCUT2D eigenvalue weighted by Crippen LogP contribution is -2.17. The summed E-state index contributed by atoms with van der Waals surface area (Å²) in [5.74, 6) is -0.928. The lowest BCUT2D eigenvalue weighted by Gasteiger charge is -2.26. The molecule has 1 aromatic heterocycles. The minimum atomic E-state index is -2.98. The Bertz CT molecular complexity index is 985. The van der Waals surface area contributed by atoms with Gasteiger partial charge in [-0.15, -0.1) is 0 Å². The van der Waals surface area contributed by atoms with Crippen LogP contribution in [0.2, 0.25) is 0 Å². The molecule has 0 amide bonds. The quantitative estimate of drug-likeness (QED) is 0.550. The monoisotopic (exact) mass is 415 g/mol. The number of nitrogens with zero attached hydrogens (tertiary/aromatic N) is 3. The number of aromatic nitrogens is 2. The molecule has 9 heteroatoms. The summed E-state index contributed by atoms with van der Waals surface area (Å²) < 4.78 is 35.4. The third kappa shape index (κ3) is 5.19. The van der Waals surface area contributed by atoms with Gasteiger partial charge >= 0.3 is 12.6 Å². The van der Waals surface area contributed by atoms with Gasteiger partial charge in [-0.25, -0.2) is 14.8 Å². The molecule has 0 saturated heterocycles. The molecule has 0 aliphatic carbocycles. The van der Waals surface area contributed by atoms with Crippen LogP contribution in [0, 0.1) is 0 Å². The van der Waals surface area contributed by atoms with E-state index in [1.165, 1.54) is 24.5 Å². The van der Waals surface area contributed by atoms with E-state index in [1.54, 1.807) is 43.6 Å². The highest BCUT2D eigenvalue weighted by Crippen LogP contribution is 2.36.